The minimum absolute atomic E-state index is 0.305. The van der Waals surface area contributed by atoms with Gasteiger partial charge >= 0.3 is 0 Å². The lowest BCUT2D eigenvalue weighted by Crippen LogP contribution is -2.25. The molecule has 1 aliphatic heterocycles. The van der Waals surface area contributed by atoms with Crippen LogP contribution in [0.4, 0.5) is 0 Å². The SMILES string of the molecule is CC(CCCl)CCCC1(C)OCCO1. The molecule has 14 heavy (non-hydrogen) atoms. The number of hydrogen-bond donors (Lipinski definition) is 0. The summed E-state index contributed by atoms with van der Waals surface area (Å²) in [5.74, 6) is 1.18. The lowest BCUT2D eigenvalue weighted by atomic mass is 9.99. The van der Waals surface area contributed by atoms with Gasteiger partial charge in [0.2, 0.25) is 0 Å². The first kappa shape index (κ1) is 12.3. The molecular formula is C11H21ClO2. The number of ether oxygens (including phenoxy) is 2. The molecule has 2 nitrogen and oxygen atoms in total. The zero-order valence-electron chi connectivity index (χ0n) is 9.22. The number of alkyl halides is 1. The predicted molar refractivity (Wildman–Crippen MR) is 58.7 cm³/mol. The van der Waals surface area contributed by atoms with E-state index in [0.717, 1.165) is 44.3 Å². The third kappa shape index (κ3) is 4.16. The van der Waals surface area contributed by atoms with Crippen LogP contribution in [-0.2, 0) is 9.47 Å². The van der Waals surface area contributed by atoms with Gasteiger partial charge in [-0.25, -0.2) is 0 Å². The first-order valence-electron chi connectivity index (χ1n) is 5.50. The van der Waals surface area contributed by atoms with Gasteiger partial charge in [0.05, 0.1) is 13.2 Å². The highest BCUT2D eigenvalue weighted by atomic mass is 35.5. The van der Waals surface area contributed by atoms with E-state index in [-0.39, 0.29) is 5.79 Å². The summed E-state index contributed by atoms with van der Waals surface area (Å²) in [7, 11) is 0. The Labute approximate surface area is 91.9 Å². The number of rotatable bonds is 6. The van der Waals surface area contributed by atoms with Crippen molar-refractivity contribution >= 4 is 11.6 Å². The zero-order valence-corrected chi connectivity index (χ0v) is 9.98. The Hall–Kier alpha value is 0.210. The van der Waals surface area contributed by atoms with Gasteiger partial charge in [-0.2, -0.15) is 0 Å². The van der Waals surface area contributed by atoms with Gasteiger partial charge in [-0.3, -0.25) is 0 Å². The van der Waals surface area contributed by atoms with Gasteiger partial charge in [0, 0.05) is 12.3 Å². The van der Waals surface area contributed by atoms with Gasteiger partial charge in [-0.05, 0) is 25.7 Å². The minimum Gasteiger partial charge on any atom is -0.348 e. The van der Waals surface area contributed by atoms with Gasteiger partial charge < -0.3 is 9.47 Å². The van der Waals surface area contributed by atoms with Crippen molar-refractivity contribution in [1.82, 2.24) is 0 Å². The van der Waals surface area contributed by atoms with Crippen LogP contribution in [0.2, 0.25) is 0 Å². The summed E-state index contributed by atoms with van der Waals surface area (Å²) in [6.07, 6.45) is 4.49. The van der Waals surface area contributed by atoms with E-state index in [1.54, 1.807) is 0 Å². The first-order chi connectivity index (χ1) is 6.66. The van der Waals surface area contributed by atoms with Gasteiger partial charge in [-0.15, -0.1) is 11.6 Å². The van der Waals surface area contributed by atoms with Crippen molar-refractivity contribution in [3.05, 3.63) is 0 Å². The number of halogens is 1. The molecule has 1 fully saturated rings. The van der Waals surface area contributed by atoms with Crippen molar-refractivity contribution in [1.29, 1.82) is 0 Å². The summed E-state index contributed by atoms with van der Waals surface area (Å²) in [5.41, 5.74) is 0. The highest BCUT2D eigenvalue weighted by Gasteiger charge is 2.30. The maximum atomic E-state index is 5.68. The van der Waals surface area contributed by atoms with Crippen LogP contribution >= 0.6 is 11.6 Å². The number of hydrogen-bond acceptors (Lipinski definition) is 2. The van der Waals surface area contributed by atoms with Crippen molar-refractivity contribution in [2.75, 3.05) is 19.1 Å². The third-order valence-corrected chi connectivity index (χ3v) is 3.05. The lowest BCUT2D eigenvalue weighted by Gasteiger charge is -2.22. The van der Waals surface area contributed by atoms with E-state index in [0.29, 0.717) is 0 Å². The highest BCUT2D eigenvalue weighted by Crippen LogP contribution is 2.26. The first-order valence-corrected chi connectivity index (χ1v) is 6.03. The summed E-state index contributed by atoms with van der Waals surface area (Å²) in [4.78, 5) is 0. The van der Waals surface area contributed by atoms with E-state index in [2.05, 4.69) is 6.92 Å². The molecule has 84 valence electrons. The fourth-order valence-corrected chi connectivity index (χ4v) is 2.18. The highest BCUT2D eigenvalue weighted by molar-refractivity contribution is 6.17. The van der Waals surface area contributed by atoms with Crippen molar-refractivity contribution in [3.8, 4) is 0 Å². The Bertz CT molecular complexity index is 155. The van der Waals surface area contributed by atoms with Crippen LogP contribution in [0.3, 0.4) is 0 Å². The summed E-state index contributed by atoms with van der Waals surface area (Å²) >= 11 is 5.68. The summed E-state index contributed by atoms with van der Waals surface area (Å²) < 4.78 is 11.1. The summed E-state index contributed by atoms with van der Waals surface area (Å²) in [5, 5.41) is 0. The minimum atomic E-state index is -0.305. The molecule has 0 bridgehead atoms. The quantitative estimate of drug-likeness (QED) is 0.641. The second-order valence-corrected chi connectivity index (χ2v) is 4.68. The van der Waals surface area contributed by atoms with Crippen molar-refractivity contribution in [3.63, 3.8) is 0 Å². The molecule has 1 rings (SSSR count). The molecule has 0 aromatic carbocycles. The molecule has 3 heteroatoms. The topological polar surface area (TPSA) is 18.5 Å². The smallest absolute Gasteiger partial charge is 0.165 e. The van der Waals surface area contributed by atoms with Gasteiger partial charge in [0.25, 0.3) is 0 Å². The molecule has 1 unspecified atom stereocenters. The van der Waals surface area contributed by atoms with E-state index in [1.165, 1.54) is 6.42 Å². The lowest BCUT2D eigenvalue weighted by molar-refractivity contribution is -0.147. The fraction of sp³-hybridized carbons (Fsp3) is 1.00. The Morgan fingerprint density at radius 3 is 2.50 bits per heavy atom. The monoisotopic (exact) mass is 220 g/mol. The van der Waals surface area contributed by atoms with E-state index in [9.17, 15) is 0 Å². The molecule has 0 aliphatic carbocycles. The van der Waals surface area contributed by atoms with E-state index in [4.69, 9.17) is 21.1 Å². The molecule has 0 radical (unpaired) electrons. The third-order valence-electron chi connectivity index (χ3n) is 2.83. The van der Waals surface area contributed by atoms with Crippen LogP contribution < -0.4 is 0 Å². The molecule has 1 saturated heterocycles. The second-order valence-electron chi connectivity index (χ2n) is 4.31. The molecule has 1 atom stereocenters. The van der Waals surface area contributed by atoms with Crippen molar-refractivity contribution in [2.24, 2.45) is 5.92 Å². The van der Waals surface area contributed by atoms with Crippen molar-refractivity contribution < 1.29 is 9.47 Å². The second kappa shape index (κ2) is 5.94. The zero-order chi connectivity index (χ0) is 10.4. The van der Waals surface area contributed by atoms with Gasteiger partial charge in [0.1, 0.15) is 0 Å². The fourth-order valence-electron chi connectivity index (χ4n) is 1.80. The molecule has 0 spiro atoms. The summed E-state index contributed by atoms with van der Waals surface area (Å²) in [6.45, 7) is 5.77. The van der Waals surface area contributed by atoms with E-state index < -0.39 is 0 Å². The van der Waals surface area contributed by atoms with Crippen LogP contribution in [0.25, 0.3) is 0 Å². The Kier molecular flexibility index (Phi) is 5.21. The van der Waals surface area contributed by atoms with Gasteiger partial charge in [0.15, 0.2) is 5.79 Å². The average molecular weight is 221 g/mol. The normalized spacial score (nSPS) is 22.5. The molecule has 0 aromatic rings. The maximum absolute atomic E-state index is 5.68. The molecule has 0 saturated carbocycles. The van der Waals surface area contributed by atoms with Crippen molar-refractivity contribution in [2.45, 2.75) is 45.3 Å². The standard InChI is InChI=1S/C11H21ClO2/c1-10(5-7-12)4-3-6-11(2)13-8-9-14-11/h10H,3-9H2,1-2H3. The van der Waals surface area contributed by atoms with E-state index >= 15 is 0 Å². The summed E-state index contributed by atoms with van der Waals surface area (Å²) in [6, 6.07) is 0. The average Bonchev–Trinajstić information content (AvgIpc) is 2.53. The molecule has 0 amide bonds. The molecule has 0 N–H and O–H groups in total. The largest absolute Gasteiger partial charge is 0.348 e. The van der Waals surface area contributed by atoms with Crippen LogP contribution in [0.5, 0.6) is 0 Å². The molecule has 0 aromatic heterocycles. The molecular weight excluding hydrogens is 200 g/mol. The van der Waals surface area contributed by atoms with Crippen LogP contribution in [0.15, 0.2) is 0 Å². The van der Waals surface area contributed by atoms with Crippen LogP contribution in [0.1, 0.15) is 39.5 Å². The Balaban J connectivity index is 2.08. The van der Waals surface area contributed by atoms with E-state index in [1.807, 2.05) is 6.92 Å². The molecule has 1 heterocycles. The Morgan fingerprint density at radius 1 is 1.29 bits per heavy atom. The van der Waals surface area contributed by atoms with Crippen LogP contribution in [0, 0.1) is 5.92 Å². The van der Waals surface area contributed by atoms with Crippen LogP contribution in [-0.4, -0.2) is 24.9 Å². The predicted octanol–water partition coefficient (Wildman–Crippen LogP) is 3.18. The Morgan fingerprint density at radius 2 is 1.93 bits per heavy atom. The van der Waals surface area contributed by atoms with Gasteiger partial charge in [-0.1, -0.05) is 13.3 Å². The maximum Gasteiger partial charge on any atom is 0.165 e. The molecule has 1 aliphatic rings.